The van der Waals surface area contributed by atoms with Crippen molar-refractivity contribution in [1.29, 1.82) is 0 Å². The maximum atomic E-state index is 11.6. The Morgan fingerprint density at radius 3 is 1.22 bits per heavy atom. The van der Waals surface area contributed by atoms with Crippen LogP contribution in [0.1, 0.15) is 41.5 Å². The topological polar surface area (TPSA) is 52.6 Å². The molecule has 0 N–H and O–H groups in total. The smallest absolute Gasteiger partial charge is 0.322 e. The number of carbonyl (C=O) groups is 2. The summed E-state index contributed by atoms with van der Waals surface area (Å²) in [6.45, 7) is 10.2. The molecule has 0 radical (unpaired) electrons. The Labute approximate surface area is 125 Å². The van der Waals surface area contributed by atoms with Gasteiger partial charge in [0.25, 0.3) is 0 Å². The molecule has 0 aliphatic heterocycles. The monoisotopic (exact) mass is 386 g/mol. The Bertz CT molecular complexity index is 283. The average Bonchev–Trinajstić information content (AvgIpc) is 2.14. The average molecular weight is 388 g/mol. The van der Waals surface area contributed by atoms with E-state index in [4.69, 9.17) is 9.47 Å². The molecule has 0 saturated carbocycles. The molecule has 18 heavy (non-hydrogen) atoms. The first-order chi connectivity index (χ1) is 7.85. The number of carbonyl (C=O) groups excluding carboxylic acids is 2. The van der Waals surface area contributed by atoms with E-state index < -0.39 is 32.8 Å². The van der Waals surface area contributed by atoms with Gasteiger partial charge in [-0.05, 0) is 41.5 Å². The van der Waals surface area contributed by atoms with E-state index in [2.05, 4.69) is 31.9 Å². The Morgan fingerprint density at radius 2 is 1.06 bits per heavy atom. The van der Waals surface area contributed by atoms with E-state index >= 15 is 0 Å². The molecule has 2 atom stereocenters. The second kappa shape index (κ2) is 6.37. The van der Waals surface area contributed by atoms with Crippen molar-refractivity contribution in [2.24, 2.45) is 0 Å². The van der Waals surface area contributed by atoms with E-state index in [-0.39, 0.29) is 0 Å². The lowest BCUT2D eigenvalue weighted by Gasteiger charge is -2.26. The van der Waals surface area contributed by atoms with Gasteiger partial charge < -0.3 is 9.47 Å². The van der Waals surface area contributed by atoms with Crippen molar-refractivity contribution in [3.63, 3.8) is 0 Å². The number of hydrogen-bond acceptors (Lipinski definition) is 4. The van der Waals surface area contributed by atoms with Crippen molar-refractivity contribution in [3.8, 4) is 0 Å². The van der Waals surface area contributed by atoms with Gasteiger partial charge in [0.05, 0.1) is 0 Å². The molecule has 106 valence electrons. The van der Waals surface area contributed by atoms with E-state index in [9.17, 15) is 9.59 Å². The summed E-state index contributed by atoms with van der Waals surface area (Å²) in [6, 6.07) is 0. The summed E-state index contributed by atoms with van der Waals surface area (Å²) in [4.78, 5) is 23.3. The van der Waals surface area contributed by atoms with Crippen LogP contribution in [0.25, 0.3) is 0 Å². The zero-order valence-corrected chi connectivity index (χ0v) is 14.7. The van der Waals surface area contributed by atoms with Gasteiger partial charge in [0, 0.05) is 0 Å². The van der Waals surface area contributed by atoms with Gasteiger partial charge >= 0.3 is 11.9 Å². The number of hydrogen-bond donors (Lipinski definition) is 0. The third-order valence-corrected chi connectivity index (χ3v) is 2.87. The minimum Gasteiger partial charge on any atom is -0.458 e. The normalized spacial score (nSPS) is 15.8. The standard InChI is InChI=1S/C12H20Br2O4/c1-7(17-9(15)11(3,4)13)8(2)18-10(16)12(5,6)14/h7-8H,1-6H3/t7-,8+. The molecule has 0 aromatic heterocycles. The van der Waals surface area contributed by atoms with Crippen LogP contribution in [0.4, 0.5) is 0 Å². The molecule has 0 aliphatic rings. The third kappa shape index (κ3) is 6.18. The fourth-order valence-electron chi connectivity index (χ4n) is 0.810. The highest BCUT2D eigenvalue weighted by molar-refractivity contribution is 9.10. The molecule has 0 aromatic carbocycles. The Hall–Kier alpha value is -0.100. The minimum absolute atomic E-state index is 0.393. The molecule has 6 heteroatoms. The molecular weight excluding hydrogens is 368 g/mol. The molecule has 0 unspecified atom stereocenters. The number of halogens is 2. The maximum Gasteiger partial charge on any atom is 0.322 e. The van der Waals surface area contributed by atoms with Crippen LogP contribution in [0, 0.1) is 0 Å². The Morgan fingerprint density at radius 1 is 0.833 bits per heavy atom. The highest BCUT2D eigenvalue weighted by Crippen LogP contribution is 2.22. The lowest BCUT2D eigenvalue weighted by atomic mass is 10.2. The summed E-state index contributed by atoms with van der Waals surface area (Å²) < 4.78 is 8.92. The summed E-state index contributed by atoms with van der Waals surface area (Å²) in [6.07, 6.45) is -1.01. The second-order valence-corrected chi connectivity index (χ2v) is 9.13. The summed E-state index contributed by atoms with van der Waals surface area (Å²) in [5, 5.41) is 0. The SMILES string of the molecule is C[C@H](OC(=O)C(C)(C)Br)[C@@H](C)OC(=O)C(C)(C)Br. The maximum absolute atomic E-state index is 11.6. The molecule has 0 aromatic rings. The first-order valence-corrected chi connectivity index (χ1v) is 7.24. The Kier molecular flexibility index (Phi) is 6.33. The van der Waals surface area contributed by atoms with Crippen LogP contribution in [0.3, 0.4) is 0 Å². The summed E-state index contributed by atoms with van der Waals surface area (Å²) in [5.41, 5.74) is 0. The van der Waals surface area contributed by atoms with Crippen molar-refractivity contribution in [2.45, 2.75) is 62.4 Å². The zero-order chi connectivity index (χ0) is 14.7. The van der Waals surface area contributed by atoms with E-state index in [0.717, 1.165) is 0 Å². The highest BCUT2D eigenvalue weighted by Gasteiger charge is 2.32. The number of rotatable bonds is 5. The molecule has 4 nitrogen and oxygen atoms in total. The predicted molar refractivity (Wildman–Crippen MR) is 77.1 cm³/mol. The fraction of sp³-hybridized carbons (Fsp3) is 0.833. The zero-order valence-electron chi connectivity index (χ0n) is 11.5. The fourth-order valence-corrected chi connectivity index (χ4v) is 0.996. The van der Waals surface area contributed by atoms with Crippen LogP contribution < -0.4 is 0 Å². The molecule has 0 fully saturated rings. The number of esters is 2. The molecule has 0 rings (SSSR count). The van der Waals surface area contributed by atoms with Gasteiger partial charge in [0.1, 0.15) is 20.9 Å². The van der Waals surface area contributed by atoms with Crippen LogP contribution in [-0.2, 0) is 19.1 Å². The first kappa shape index (κ1) is 17.9. The number of alkyl halides is 2. The van der Waals surface area contributed by atoms with Crippen LogP contribution >= 0.6 is 31.9 Å². The summed E-state index contributed by atoms with van der Waals surface area (Å²) in [5.74, 6) is -0.785. The minimum atomic E-state index is -0.750. The second-order valence-electron chi connectivity index (χ2n) is 5.17. The first-order valence-electron chi connectivity index (χ1n) is 5.65. The van der Waals surface area contributed by atoms with E-state index in [1.807, 2.05) is 0 Å². The van der Waals surface area contributed by atoms with Crippen LogP contribution in [0.15, 0.2) is 0 Å². The van der Waals surface area contributed by atoms with E-state index in [0.29, 0.717) is 0 Å². The molecule has 0 aliphatic carbocycles. The quantitative estimate of drug-likeness (QED) is 0.536. The van der Waals surface area contributed by atoms with E-state index in [1.54, 1.807) is 41.5 Å². The van der Waals surface area contributed by atoms with Gasteiger partial charge in [-0.2, -0.15) is 0 Å². The van der Waals surface area contributed by atoms with E-state index in [1.165, 1.54) is 0 Å². The van der Waals surface area contributed by atoms with Crippen LogP contribution in [0.5, 0.6) is 0 Å². The van der Waals surface area contributed by atoms with Gasteiger partial charge in [-0.3, -0.25) is 9.59 Å². The van der Waals surface area contributed by atoms with Crippen molar-refractivity contribution < 1.29 is 19.1 Å². The molecule has 0 saturated heterocycles. The molecule has 0 spiro atoms. The van der Waals surface area contributed by atoms with Crippen LogP contribution in [0.2, 0.25) is 0 Å². The molecule has 0 bridgehead atoms. The van der Waals surface area contributed by atoms with Crippen molar-refractivity contribution in [2.75, 3.05) is 0 Å². The van der Waals surface area contributed by atoms with Gasteiger partial charge in [-0.25, -0.2) is 0 Å². The van der Waals surface area contributed by atoms with Crippen molar-refractivity contribution in [3.05, 3.63) is 0 Å². The predicted octanol–water partition coefficient (Wildman–Crippen LogP) is 3.20. The highest BCUT2D eigenvalue weighted by atomic mass is 79.9. The lowest BCUT2D eigenvalue weighted by molar-refractivity contribution is -0.167. The molecule has 0 heterocycles. The van der Waals surface area contributed by atoms with Gasteiger partial charge in [0.2, 0.25) is 0 Å². The number of ether oxygens (including phenoxy) is 2. The molecular formula is C12H20Br2O4. The summed E-state index contributed by atoms with van der Waals surface area (Å²) in [7, 11) is 0. The van der Waals surface area contributed by atoms with Gasteiger partial charge in [0.15, 0.2) is 0 Å². The lowest BCUT2D eigenvalue weighted by Crippen LogP contribution is -2.38. The van der Waals surface area contributed by atoms with Crippen molar-refractivity contribution in [1.82, 2.24) is 0 Å². The van der Waals surface area contributed by atoms with Crippen molar-refractivity contribution >= 4 is 43.8 Å². The summed E-state index contributed by atoms with van der Waals surface area (Å²) >= 11 is 6.43. The molecule has 0 amide bonds. The van der Waals surface area contributed by atoms with Gasteiger partial charge in [-0.15, -0.1) is 0 Å². The van der Waals surface area contributed by atoms with Crippen LogP contribution in [-0.4, -0.2) is 32.8 Å². The Balaban J connectivity index is 4.41. The third-order valence-electron chi connectivity index (χ3n) is 2.22. The largest absolute Gasteiger partial charge is 0.458 e. The van der Waals surface area contributed by atoms with Gasteiger partial charge in [-0.1, -0.05) is 31.9 Å².